The second-order valence-corrected chi connectivity index (χ2v) is 11.6. The highest BCUT2D eigenvalue weighted by Crippen LogP contribution is 2.65. The van der Waals surface area contributed by atoms with Crippen molar-refractivity contribution in [2.75, 3.05) is 6.54 Å². The topological polar surface area (TPSA) is 139 Å². The van der Waals surface area contributed by atoms with E-state index in [-0.39, 0.29) is 36.1 Å². The highest BCUT2D eigenvalue weighted by Gasteiger charge is 2.70. The van der Waals surface area contributed by atoms with Gasteiger partial charge in [-0.25, -0.2) is 0 Å². The molecule has 0 aromatic rings. The number of piperidine rings is 1. The molecule has 5 atom stereocenters. The lowest BCUT2D eigenvalue weighted by Gasteiger charge is -2.38. The summed E-state index contributed by atoms with van der Waals surface area (Å²) in [6, 6.07) is -3.73. The van der Waals surface area contributed by atoms with E-state index in [0.29, 0.717) is 0 Å². The first-order valence-electron chi connectivity index (χ1n) is 11.7. The number of nitrogens with zero attached hydrogens (tertiary/aromatic N) is 1. The number of amides is 4. The number of primary amides is 1. The molecule has 0 aromatic carbocycles. The summed E-state index contributed by atoms with van der Waals surface area (Å²) < 4.78 is 38.8. The molecular formula is C23H33F3N4O5. The second kappa shape index (κ2) is 8.77. The van der Waals surface area contributed by atoms with Gasteiger partial charge in [-0.3, -0.25) is 24.0 Å². The Morgan fingerprint density at radius 1 is 1.06 bits per heavy atom. The normalized spacial score (nSPS) is 26.9. The average Bonchev–Trinajstić information content (AvgIpc) is 3.55. The van der Waals surface area contributed by atoms with E-state index in [9.17, 15) is 37.1 Å². The molecule has 3 aliphatic rings. The third-order valence-corrected chi connectivity index (χ3v) is 7.55. The largest absolute Gasteiger partial charge is 0.471 e. The summed E-state index contributed by atoms with van der Waals surface area (Å²) in [7, 11) is 0. The van der Waals surface area contributed by atoms with Crippen LogP contribution in [-0.2, 0) is 24.0 Å². The fourth-order valence-electron chi connectivity index (χ4n) is 5.19. The predicted octanol–water partition coefficient (Wildman–Crippen LogP) is 0.902. The molecule has 3 rings (SSSR count). The number of alkyl halides is 3. The van der Waals surface area contributed by atoms with Gasteiger partial charge in [-0.05, 0) is 35.0 Å². The monoisotopic (exact) mass is 502 g/mol. The van der Waals surface area contributed by atoms with Crippen molar-refractivity contribution in [1.82, 2.24) is 15.5 Å². The Kier molecular flexibility index (Phi) is 6.75. The molecule has 9 nitrogen and oxygen atoms in total. The molecule has 1 saturated heterocycles. The molecule has 0 bridgehead atoms. The van der Waals surface area contributed by atoms with Crippen molar-refractivity contribution < 1.29 is 37.1 Å². The number of Topliss-reactive ketones (excluding diaryl/α,β-unsaturated/α-hetero) is 1. The highest BCUT2D eigenvalue weighted by molar-refractivity contribution is 6.37. The molecule has 0 aromatic heterocycles. The van der Waals surface area contributed by atoms with Crippen LogP contribution in [0.15, 0.2) is 0 Å². The minimum absolute atomic E-state index is 0.0742. The Bertz CT molecular complexity index is 938. The first-order valence-corrected chi connectivity index (χ1v) is 11.7. The van der Waals surface area contributed by atoms with Crippen molar-refractivity contribution in [1.29, 1.82) is 0 Å². The summed E-state index contributed by atoms with van der Waals surface area (Å²) in [5.41, 5.74) is 3.76. The Labute approximate surface area is 201 Å². The van der Waals surface area contributed by atoms with E-state index in [2.05, 4.69) is 5.32 Å². The molecule has 35 heavy (non-hydrogen) atoms. The van der Waals surface area contributed by atoms with Crippen LogP contribution in [0.2, 0.25) is 0 Å². The number of fused-ring (bicyclic) bond motifs is 1. The zero-order valence-corrected chi connectivity index (χ0v) is 20.5. The molecule has 0 radical (unpaired) electrons. The van der Waals surface area contributed by atoms with E-state index in [4.69, 9.17) is 5.73 Å². The standard InChI is InChI=1S/C23H33F3N4O5/c1-21(2,3)16(29-20(35)23(24,25)26)19(34)30-9-11-13(22(11,4)5)14(30)18(33)28-12(8-10-6-7-10)15(31)17(27)32/h10-14,16H,6-9H2,1-5H3,(H2,27,32)(H,28,33)(H,29,35)/t11-,12?,13?,14-,16+/m0/s1. The van der Waals surface area contributed by atoms with Crippen LogP contribution in [0.5, 0.6) is 0 Å². The molecule has 196 valence electrons. The molecule has 1 heterocycles. The van der Waals surface area contributed by atoms with Crippen molar-refractivity contribution in [3.05, 3.63) is 0 Å². The molecule has 4 amide bonds. The summed E-state index contributed by atoms with van der Waals surface area (Å²) in [6.07, 6.45) is -3.22. The van der Waals surface area contributed by atoms with Gasteiger partial charge in [0.2, 0.25) is 17.6 Å². The van der Waals surface area contributed by atoms with Gasteiger partial charge in [-0.1, -0.05) is 47.5 Å². The van der Waals surface area contributed by atoms with Gasteiger partial charge >= 0.3 is 12.1 Å². The smallest absolute Gasteiger partial charge is 0.363 e. The average molecular weight is 503 g/mol. The third kappa shape index (κ3) is 5.45. The van der Waals surface area contributed by atoms with Crippen LogP contribution in [-0.4, -0.2) is 65.2 Å². The number of hydrogen-bond acceptors (Lipinski definition) is 5. The number of carbonyl (C=O) groups is 5. The highest BCUT2D eigenvalue weighted by atomic mass is 19.4. The number of carbonyl (C=O) groups excluding carboxylic acids is 5. The molecule has 0 spiro atoms. The van der Waals surface area contributed by atoms with E-state index in [1.54, 1.807) is 5.32 Å². The minimum Gasteiger partial charge on any atom is -0.363 e. The summed E-state index contributed by atoms with van der Waals surface area (Å²) in [5, 5.41) is 4.37. The molecule has 4 N–H and O–H groups in total. The maximum absolute atomic E-state index is 13.5. The van der Waals surface area contributed by atoms with Gasteiger partial charge < -0.3 is 21.3 Å². The number of ketones is 1. The van der Waals surface area contributed by atoms with E-state index in [0.717, 1.165) is 12.8 Å². The van der Waals surface area contributed by atoms with E-state index >= 15 is 0 Å². The number of halogens is 3. The first-order chi connectivity index (χ1) is 15.9. The lowest BCUT2D eigenvalue weighted by molar-refractivity contribution is -0.176. The Morgan fingerprint density at radius 2 is 1.63 bits per heavy atom. The number of likely N-dealkylation sites (tertiary alicyclic amines) is 1. The maximum atomic E-state index is 13.5. The number of nitrogens with two attached hydrogens (primary N) is 1. The predicted molar refractivity (Wildman–Crippen MR) is 117 cm³/mol. The van der Waals surface area contributed by atoms with E-state index < -0.39 is 59.1 Å². The second-order valence-electron chi connectivity index (χ2n) is 11.6. The summed E-state index contributed by atoms with van der Waals surface area (Å²) in [6.45, 7) is 8.51. The quantitative estimate of drug-likeness (QED) is 0.424. The van der Waals surface area contributed by atoms with Crippen molar-refractivity contribution in [3.8, 4) is 0 Å². The van der Waals surface area contributed by atoms with Crippen molar-refractivity contribution >= 4 is 29.4 Å². The first kappa shape index (κ1) is 26.9. The molecule has 2 saturated carbocycles. The van der Waals surface area contributed by atoms with Crippen LogP contribution in [0.1, 0.15) is 53.9 Å². The maximum Gasteiger partial charge on any atom is 0.471 e. The number of nitrogens with one attached hydrogen (secondary N) is 2. The van der Waals surface area contributed by atoms with Gasteiger partial charge in [0.25, 0.3) is 5.91 Å². The third-order valence-electron chi connectivity index (χ3n) is 7.55. The molecular weight excluding hydrogens is 469 g/mol. The molecule has 2 unspecified atom stereocenters. The van der Waals surface area contributed by atoms with Crippen LogP contribution in [0.3, 0.4) is 0 Å². The van der Waals surface area contributed by atoms with Crippen LogP contribution < -0.4 is 16.4 Å². The van der Waals surface area contributed by atoms with Gasteiger partial charge in [-0.2, -0.15) is 13.2 Å². The van der Waals surface area contributed by atoms with Crippen molar-refractivity contribution in [3.63, 3.8) is 0 Å². The number of rotatable bonds is 8. The molecule has 12 heteroatoms. The zero-order valence-electron chi connectivity index (χ0n) is 20.5. The van der Waals surface area contributed by atoms with Gasteiger partial charge in [-0.15, -0.1) is 0 Å². The Morgan fingerprint density at radius 3 is 2.09 bits per heavy atom. The molecule has 1 aliphatic heterocycles. The lowest BCUT2D eigenvalue weighted by atomic mass is 9.85. The van der Waals surface area contributed by atoms with Gasteiger partial charge in [0.1, 0.15) is 12.1 Å². The summed E-state index contributed by atoms with van der Waals surface area (Å²) in [5.74, 6) is -6.00. The molecule has 3 fully saturated rings. The van der Waals surface area contributed by atoms with Crippen LogP contribution >= 0.6 is 0 Å². The van der Waals surface area contributed by atoms with Crippen LogP contribution in [0.25, 0.3) is 0 Å². The minimum atomic E-state index is -5.18. The van der Waals surface area contributed by atoms with Crippen LogP contribution in [0.4, 0.5) is 13.2 Å². The lowest BCUT2D eigenvalue weighted by Crippen LogP contribution is -2.61. The van der Waals surface area contributed by atoms with Gasteiger partial charge in [0.15, 0.2) is 0 Å². The fourth-order valence-corrected chi connectivity index (χ4v) is 5.19. The Hall–Kier alpha value is -2.66. The van der Waals surface area contributed by atoms with Crippen molar-refractivity contribution in [2.24, 2.45) is 34.3 Å². The molecule has 2 aliphatic carbocycles. The van der Waals surface area contributed by atoms with Gasteiger partial charge in [0, 0.05) is 6.54 Å². The number of hydrogen-bond donors (Lipinski definition) is 3. The zero-order chi connectivity index (χ0) is 26.7. The fraction of sp³-hybridized carbons (Fsp3) is 0.783. The van der Waals surface area contributed by atoms with E-state index in [1.807, 2.05) is 13.8 Å². The summed E-state index contributed by atoms with van der Waals surface area (Å²) >= 11 is 0. The summed E-state index contributed by atoms with van der Waals surface area (Å²) in [4.78, 5) is 63.6. The Balaban J connectivity index is 1.86. The SMILES string of the molecule is CC(C)(C)[C@H](NC(=O)C(F)(F)F)C(=O)N1C[C@H]2C([C@H]1C(=O)NC(CC1CC1)C(=O)C(N)=O)C2(C)C. The van der Waals surface area contributed by atoms with Gasteiger partial charge in [0.05, 0.1) is 6.04 Å². The van der Waals surface area contributed by atoms with E-state index in [1.165, 1.54) is 25.7 Å². The van der Waals surface area contributed by atoms with Crippen molar-refractivity contribution in [2.45, 2.75) is 78.2 Å². The van der Waals surface area contributed by atoms with Crippen LogP contribution in [0, 0.1) is 28.6 Å².